The Morgan fingerprint density at radius 3 is 2.93 bits per heavy atom. The lowest BCUT2D eigenvalue weighted by Crippen LogP contribution is -2.25. The van der Waals surface area contributed by atoms with E-state index in [2.05, 4.69) is 5.32 Å². The van der Waals surface area contributed by atoms with Crippen molar-refractivity contribution < 1.29 is 0 Å². The highest BCUT2D eigenvalue weighted by Gasteiger charge is 2.14. The molecule has 0 spiro atoms. The highest BCUT2D eigenvalue weighted by atomic mass is 35.5. The molecule has 2 rings (SSSR count). The zero-order valence-electron chi connectivity index (χ0n) is 8.30. The van der Waals surface area contributed by atoms with E-state index in [0.717, 1.165) is 11.4 Å². The van der Waals surface area contributed by atoms with Crippen LogP contribution in [0.5, 0.6) is 0 Å². The second kappa shape index (κ2) is 5.33. The Labute approximate surface area is 105 Å². The van der Waals surface area contributed by atoms with Crippen LogP contribution >= 0.6 is 35.0 Å². The molecule has 0 aliphatic carbocycles. The maximum atomic E-state index is 6.11. The largest absolute Gasteiger partial charge is 0.380 e. The van der Waals surface area contributed by atoms with Gasteiger partial charge in [-0.3, -0.25) is 0 Å². The second-order valence-electron chi connectivity index (χ2n) is 3.66. The van der Waals surface area contributed by atoms with Crippen LogP contribution in [0.4, 0.5) is 5.69 Å². The Morgan fingerprint density at radius 2 is 2.20 bits per heavy atom. The Hall–Kier alpha value is -0.0500. The van der Waals surface area contributed by atoms with E-state index in [0.29, 0.717) is 16.1 Å². The third-order valence-corrected chi connectivity index (χ3v) is 4.51. The lowest BCUT2D eigenvalue weighted by molar-refractivity contribution is 0.685. The summed E-state index contributed by atoms with van der Waals surface area (Å²) in [5.41, 5.74) is 0.955. The Kier molecular flexibility index (Phi) is 4.06. The maximum Gasteiger partial charge on any atom is 0.0823 e. The van der Waals surface area contributed by atoms with Crippen molar-refractivity contribution in [3.63, 3.8) is 0 Å². The predicted octanol–water partition coefficient (Wildman–Crippen LogP) is 4.30. The summed E-state index contributed by atoms with van der Waals surface area (Å²) >= 11 is 14.1. The summed E-state index contributed by atoms with van der Waals surface area (Å²) in [7, 11) is 0. The predicted molar refractivity (Wildman–Crippen MR) is 70.4 cm³/mol. The molecule has 0 aromatic heterocycles. The van der Waals surface area contributed by atoms with Gasteiger partial charge in [-0.1, -0.05) is 29.3 Å². The minimum atomic E-state index is 0.528. The molecular weight excluding hydrogens is 249 g/mol. The molecule has 1 aliphatic rings. The molecule has 1 aromatic rings. The van der Waals surface area contributed by atoms with Crippen LogP contribution in [0.1, 0.15) is 12.8 Å². The number of thioether (sulfide) groups is 1. The fraction of sp³-hybridized carbons (Fsp3) is 0.455. The molecule has 0 saturated carbocycles. The Morgan fingerprint density at radius 1 is 1.33 bits per heavy atom. The van der Waals surface area contributed by atoms with E-state index in [-0.39, 0.29) is 0 Å². The molecule has 1 nitrogen and oxygen atoms in total. The van der Waals surface area contributed by atoms with Gasteiger partial charge in [-0.15, -0.1) is 0 Å². The van der Waals surface area contributed by atoms with Crippen molar-refractivity contribution in [2.75, 3.05) is 16.8 Å². The van der Waals surface area contributed by atoms with E-state index >= 15 is 0 Å². The summed E-state index contributed by atoms with van der Waals surface area (Å²) < 4.78 is 0. The average molecular weight is 262 g/mol. The number of nitrogens with one attached hydrogen (secondary N) is 1. The van der Waals surface area contributed by atoms with Crippen molar-refractivity contribution >= 4 is 40.7 Å². The Balaban J connectivity index is 2.06. The molecule has 15 heavy (non-hydrogen) atoms. The van der Waals surface area contributed by atoms with Gasteiger partial charge in [-0.25, -0.2) is 0 Å². The van der Waals surface area contributed by atoms with Gasteiger partial charge in [-0.05, 0) is 30.7 Å². The molecule has 1 atom stereocenters. The van der Waals surface area contributed by atoms with Crippen molar-refractivity contribution in [2.24, 2.45) is 0 Å². The molecule has 0 radical (unpaired) electrons. The van der Waals surface area contributed by atoms with Gasteiger partial charge in [0.05, 0.1) is 15.7 Å². The summed E-state index contributed by atoms with van der Waals surface area (Å²) in [4.78, 5) is 0. The number of anilines is 1. The van der Waals surface area contributed by atoms with Gasteiger partial charge in [-0.2, -0.15) is 11.8 Å². The number of rotatable bonds is 2. The molecule has 1 N–H and O–H groups in total. The summed E-state index contributed by atoms with van der Waals surface area (Å²) in [5.74, 6) is 2.43. The van der Waals surface area contributed by atoms with Gasteiger partial charge in [0.15, 0.2) is 0 Å². The van der Waals surface area contributed by atoms with Gasteiger partial charge < -0.3 is 5.32 Å². The van der Waals surface area contributed by atoms with Crippen LogP contribution in [0.2, 0.25) is 10.0 Å². The lowest BCUT2D eigenvalue weighted by Gasteiger charge is -2.24. The van der Waals surface area contributed by atoms with E-state index < -0.39 is 0 Å². The maximum absolute atomic E-state index is 6.11. The quantitative estimate of drug-likeness (QED) is 0.852. The fourth-order valence-corrected chi connectivity index (χ4v) is 3.12. The van der Waals surface area contributed by atoms with E-state index in [1.165, 1.54) is 18.6 Å². The van der Waals surface area contributed by atoms with Crippen molar-refractivity contribution in [1.29, 1.82) is 0 Å². The molecule has 4 heteroatoms. The third-order valence-electron chi connectivity index (χ3n) is 2.47. The van der Waals surface area contributed by atoms with Crippen molar-refractivity contribution in [3.8, 4) is 0 Å². The molecule has 0 bridgehead atoms. The molecule has 1 heterocycles. The first-order chi connectivity index (χ1) is 7.27. The zero-order valence-corrected chi connectivity index (χ0v) is 10.6. The van der Waals surface area contributed by atoms with Crippen LogP contribution in [-0.2, 0) is 0 Å². The minimum absolute atomic E-state index is 0.528. The third kappa shape index (κ3) is 2.96. The van der Waals surface area contributed by atoms with E-state index in [4.69, 9.17) is 23.2 Å². The van der Waals surface area contributed by atoms with E-state index in [1.54, 1.807) is 0 Å². The monoisotopic (exact) mass is 261 g/mol. The Bertz CT molecular complexity index is 337. The normalized spacial score (nSPS) is 21.3. The van der Waals surface area contributed by atoms with Gasteiger partial charge in [0.1, 0.15) is 0 Å². The van der Waals surface area contributed by atoms with Crippen molar-refractivity contribution in [3.05, 3.63) is 28.2 Å². The molecule has 82 valence electrons. The fourth-order valence-electron chi connectivity index (χ4n) is 1.69. The van der Waals surface area contributed by atoms with Gasteiger partial charge in [0.25, 0.3) is 0 Å². The molecule has 0 amide bonds. The van der Waals surface area contributed by atoms with Crippen molar-refractivity contribution in [1.82, 2.24) is 0 Å². The molecule has 1 aromatic carbocycles. The van der Waals surface area contributed by atoms with Crippen LogP contribution in [0.15, 0.2) is 18.2 Å². The van der Waals surface area contributed by atoms with Crippen LogP contribution < -0.4 is 5.32 Å². The van der Waals surface area contributed by atoms with Crippen LogP contribution in [0.3, 0.4) is 0 Å². The second-order valence-corrected chi connectivity index (χ2v) is 5.59. The highest BCUT2D eigenvalue weighted by molar-refractivity contribution is 7.99. The first-order valence-electron chi connectivity index (χ1n) is 5.05. The van der Waals surface area contributed by atoms with Gasteiger partial charge >= 0.3 is 0 Å². The van der Waals surface area contributed by atoms with Crippen LogP contribution in [-0.4, -0.2) is 17.5 Å². The number of benzene rings is 1. The summed E-state index contributed by atoms with van der Waals surface area (Å²) in [6, 6.07) is 6.24. The SMILES string of the molecule is Clc1cccc(NC2CCCSC2)c1Cl. The molecular formula is C11H13Cl2NS. The summed E-state index contributed by atoms with van der Waals surface area (Å²) in [5, 5.41) is 4.70. The van der Waals surface area contributed by atoms with Crippen LogP contribution in [0.25, 0.3) is 0 Å². The first-order valence-corrected chi connectivity index (χ1v) is 6.97. The lowest BCUT2D eigenvalue weighted by atomic mass is 10.1. The minimum Gasteiger partial charge on any atom is -0.380 e. The number of hydrogen-bond donors (Lipinski definition) is 1. The first kappa shape index (κ1) is 11.4. The molecule has 1 unspecified atom stereocenters. The molecule has 1 aliphatic heterocycles. The topological polar surface area (TPSA) is 12.0 Å². The van der Waals surface area contributed by atoms with Gasteiger partial charge in [0.2, 0.25) is 0 Å². The standard InChI is InChI=1S/C11H13Cl2NS/c12-9-4-1-5-10(11(9)13)14-8-3-2-6-15-7-8/h1,4-5,8,14H,2-3,6-7H2. The number of hydrogen-bond acceptors (Lipinski definition) is 2. The van der Waals surface area contributed by atoms with E-state index in [1.807, 2.05) is 30.0 Å². The van der Waals surface area contributed by atoms with Crippen molar-refractivity contribution in [2.45, 2.75) is 18.9 Å². The molecule has 1 fully saturated rings. The summed E-state index contributed by atoms with van der Waals surface area (Å²) in [6.45, 7) is 0. The average Bonchev–Trinajstić information content (AvgIpc) is 2.26. The number of halogens is 2. The summed E-state index contributed by atoms with van der Waals surface area (Å²) in [6.07, 6.45) is 2.50. The van der Waals surface area contributed by atoms with E-state index in [9.17, 15) is 0 Å². The molecule has 1 saturated heterocycles. The smallest absolute Gasteiger partial charge is 0.0823 e. The van der Waals surface area contributed by atoms with Gasteiger partial charge in [0, 0.05) is 11.8 Å². The van der Waals surface area contributed by atoms with Crippen LogP contribution in [0, 0.1) is 0 Å². The highest BCUT2D eigenvalue weighted by Crippen LogP contribution is 2.31. The zero-order chi connectivity index (χ0) is 10.7.